The average molecular weight is 187 g/mol. The lowest BCUT2D eigenvalue weighted by atomic mass is 9.89. The zero-order chi connectivity index (χ0) is 10.3. The van der Waals surface area contributed by atoms with Crippen molar-refractivity contribution in [3.63, 3.8) is 0 Å². The Hall–Kier alpha value is -0.730. The van der Waals surface area contributed by atoms with Crippen molar-refractivity contribution in [1.29, 1.82) is 0 Å². The van der Waals surface area contributed by atoms with Crippen LogP contribution < -0.4 is 5.73 Å². The Morgan fingerprint density at radius 2 is 1.85 bits per heavy atom. The Kier molecular flexibility index (Phi) is 5.51. The van der Waals surface area contributed by atoms with Gasteiger partial charge < -0.3 is 10.5 Å². The Bertz CT molecular complexity index is 149. The third-order valence-corrected chi connectivity index (χ3v) is 1.82. The van der Waals surface area contributed by atoms with Gasteiger partial charge in [0.2, 0.25) is 0 Å². The molecule has 0 radical (unpaired) electrons. The van der Waals surface area contributed by atoms with E-state index in [2.05, 4.69) is 25.5 Å². The van der Waals surface area contributed by atoms with Gasteiger partial charge in [0.1, 0.15) is 0 Å². The van der Waals surface area contributed by atoms with Gasteiger partial charge in [-0.25, -0.2) is 4.79 Å². The Labute approximate surface area is 80.6 Å². The first-order valence-corrected chi connectivity index (χ1v) is 4.84. The van der Waals surface area contributed by atoms with Crippen molar-refractivity contribution in [2.45, 2.75) is 46.5 Å². The third-order valence-electron chi connectivity index (χ3n) is 1.82. The molecular formula is C10H21NO2. The number of primary amides is 1. The molecule has 0 unspecified atom stereocenters. The molecule has 0 aromatic heterocycles. The van der Waals surface area contributed by atoms with Crippen LogP contribution in [0.25, 0.3) is 0 Å². The number of hydrogen-bond acceptors (Lipinski definition) is 2. The highest BCUT2D eigenvalue weighted by Crippen LogP contribution is 2.21. The van der Waals surface area contributed by atoms with Crippen LogP contribution in [-0.2, 0) is 4.74 Å². The summed E-state index contributed by atoms with van der Waals surface area (Å²) >= 11 is 0. The maximum absolute atomic E-state index is 10.2. The van der Waals surface area contributed by atoms with E-state index >= 15 is 0 Å². The minimum absolute atomic E-state index is 0.407. The zero-order valence-electron chi connectivity index (χ0n) is 8.93. The maximum atomic E-state index is 10.2. The van der Waals surface area contributed by atoms with Crippen molar-refractivity contribution in [2.24, 2.45) is 11.1 Å². The molecule has 0 fully saturated rings. The summed E-state index contributed by atoms with van der Waals surface area (Å²) in [7, 11) is 0. The number of amides is 1. The molecule has 0 aromatic rings. The van der Waals surface area contributed by atoms with Crippen molar-refractivity contribution >= 4 is 6.09 Å². The van der Waals surface area contributed by atoms with Crippen molar-refractivity contribution in [3.05, 3.63) is 0 Å². The summed E-state index contributed by atoms with van der Waals surface area (Å²) in [6.45, 7) is 7.15. The van der Waals surface area contributed by atoms with Gasteiger partial charge in [-0.1, -0.05) is 33.6 Å². The molecule has 13 heavy (non-hydrogen) atoms. The lowest BCUT2D eigenvalue weighted by molar-refractivity contribution is 0.154. The van der Waals surface area contributed by atoms with E-state index in [1.54, 1.807) is 0 Å². The molecule has 1 amide bonds. The number of ether oxygens (including phenoxy) is 1. The van der Waals surface area contributed by atoms with Gasteiger partial charge in [-0.3, -0.25) is 0 Å². The van der Waals surface area contributed by atoms with Gasteiger partial charge in [0.05, 0.1) is 6.61 Å². The predicted octanol–water partition coefficient (Wildman–Crippen LogP) is 2.69. The SMILES string of the molecule is CC(C)(C)CCCCCOC(N)=O. The number of unbranched alkanes of at least 4 members (excludes halogenated alkanes) is 2. The highest BCUT2D eigenvalue weighted by molar-refractivity contribution is 5.64. The van der Waals surface area contributed by atoms with E-state index in [-0.39, 0.29) is 0 Å². The molecule has 78 valence electrons. The molecule has 0 atom stereocenters. The van der Waals surface area contributed by atoms with Crippen LogP contribution >= 0.6 is 0 Å². The summed E-state index contributed by atoms with van der Waals surface area (Å²) in [6.07, 6.45) is 3.74. The quantitative estimate of drug-likeness (QED) is 0.673. The van der Waals surface area contributed by atoms with Crippen molar-refractivity contribution in [1.82, 2.24) is 0 Å². The van der Waals surface area contributed by atoms with E-state index in [4.69, 9.17) is 5.73 Å². The largest absolute Gasteiger partial charge is 0.450 e. The van der Waals surface area contributed by atoms with Crippen molar-refractivity contribution < 1.29 is 9.53 Å². The third kappa shape index (κ3) is 11.3. The molecule has 0 rings (SSSR count). The van der Waals surface area contributed by atoms with E-state index in [0.29, 0.717) is 12.0 Å². The fourth-order valence-electron chi connectivity index (χ4n) is 1.11. The number of carbonyl (C=O) groups is 1. The molecule has 3 heteroatoms. The van der Waals surface area contributed by atoms with Crippen LogP contribution in [0.3, 0.4) is 0 Å². The summed E-state index contributed by atoms with van der Waals surface area (Å²) < 4.78 is 4.61. The molecular weight excluding hydrogens is 166 g/mol. The second-order valence-corrected chi connectivity index (χ2v) is 4.54. The summed E-state index contributed by atoms with van der Waals surface area (Å²) in [6, 6.07) is 0. The van der Waals surface area contributed by atoms with Crippen LogP contribution in [-0.4, -0.2) is 12.7 Å². The summed E-state index contributed by atoms with van der Waals surface area (Å²) in [5.41, 5.74) is 5.22. The topological polar surface area (TPSA) is 52.3 Å². The first kappa shape index (κ1) is 12.3. The number of carbonyl (C=O) groups excluding carboxylic acids is 1. The molecule has 0 aliphatic heterocycles. The first-order chi connectivity index (χ1) is 5.92. The number of hydrogen-bond donors (Lipinski definition) is 1. The van der Waals surface area contributed by atoms with Gasteiger partial charge in [-0.05, 0) is 18.3 Å². The van der Waals surface area contributed by atoms with Crippen LogP contribution in [0, 0.1) is 5.41 Å². The second kappa shape index (κ2) is 5.84. The van der Waals surface area contributed by atoms with Crippen molar-refractivity contribution in [3.8, 4) is 0 Å². The standard InChI is InChI=1S/C10H21NO2/c1-10(2,3)7-5-4-6-8-13-9(11)12/h4-8H2,1-3H3,(H2,11,12). The number of rotatable bonds is 5. The Balaban J connectivity index is 3.13. The lowest BCUT2D eigenvalue weighted by Crippen LogP contribution is -2.13. The van der Waals surface area contributed by atoms with Gasteiger partial charge in [0.25, 0.3) is 0 Å². The molecule has 0 bridgehead atoms. The van der Waals surface area contributed by atoms with Gasteiger partial charge in [0, 0.05) is 0 Å². The summed E-state index contributed by atoms with van der Waals surface area (Å²) in [5.74, 6) is 0. The minimum Gasteiger partial charge on any atom is -0.450 e. The molecule has 0 heterocycles. The lowest BCUT2D eigenvalue weighted by Gasteiger charge is -2.17. The maximum Gasteiger partial charge on any atom is 0.404 e. The Morgan fingerprint density at radius 1 is 1.23 bits per heavy atom. The van der Waals surface area contributed by atoms with E-state index in [0.717, 1.165) is 12.8 Å². The van der Waals surface area contributed by atoms with E-state index in [9.17, 15) is 4.79 Å². The Morgan fingerprint density at radius 3 is 2.31 bits per heavy atom. The molecule has 0 aliphatic rings. The zero-order valence-corrected chi connectivity index (χ0v) is 8.93. The van der Waals surface area contributed by atoms with Crippen LogP contribution in [0.15, 0.2) is 0 Å². The second-order valence-electron chi connectivity index (χ2n) is 4.54. The van der Waals surface area contributed by atoms with Crippen molar-refractivity contribution in [2.75, 3.05) is 6.61 Å². The van der Waals surface area contributed by atoms with Crippen LogP contribution in [0.2, 0.25) is 0 Å². The smallest absolute Gasteiger partial charge is 0.404 e. The molecule has 2 N–H and O–H groups in total. The van der Waals surface area contributed by atoms with Gasteiger partial charge in [-0.15, -0.1) is 0 Å². The van der Waals surface area contributed by atoms with E-state index in [1.165, 1.54) is 12.8 Å². The fraction of sp³-hybridized carbons (Fsp3) is 0.900. The fourth-order valence-corrected chi connectivity index (χ4v) is 1.11. The first-order valence-electron chi connectivity index (χ1n) is 4.84. The minimum atomic E-state index is -0.671. The van der Waals surface area contributed by atoms with Gasteiger partial charge in [-0.2, -0.15) is 0 Å². The van der Waals surface area contributed by atoms with Crippen LogP contribution in [0.4, 0.5) is 4.79 Å². The molecule has 0 aromatic carbocycles. The normalized spacial score (nSPS) is 11.3. The van der Waals surface area contributed by atoms with Gasteiger partial charge >= 0.3 is 6.09 Å². The highest BCUT2D eigenvalue weighted by Gasteiger charge is 2.08. The molecule has 0 saturated heterocycles. The summed E-state index contributed by atoms with van der Waals surface area (Å²) in [5, 5.41) is 0. The molecule has 0 aliphatic carbocycles. The van der Waals surface area contributed by atoms with Crippen LogP contribution in [0.5, 0.6) is 0 Å². The highest BCUT2D eigenvalue weighted by atomic mass is 16.5. The predicted molar refractivity (Wildman–Crippen MR) is 53.5 cm³/mol. The van der Waals surface area contributed by atoms with Crippen LogP contribution in [0.1, 0.15) is 46.5 Å². The van der Waals surface area contributed by atoms with Gasteiger partial charge in [0.15, 0.2) is 0 Å². The number of nitrogens with two attached hydrogens (primary N) is 1. The monoisotopic (exact) mass is 187 g/mol. The summed E-state index contributed by atoms with van der Waals surface area (Å²) in [4.78, 5) is 10.2. The van der Waals surface area contributed by atoms with E-state index < -0.39 is 6.09 Å². The molecule has 0 saturated carbocycles. The molecule has 3 nitrogen and oxygen atoms in total. The van der Waals surface area contributed by atoms with E-state index in [1.807, 2.05) is 0 Å². The molecule has 0 spiro atoms. The average Bonchev–Trinajstić information content (AvgIpc) is 1.93.